The molecule has 0 amide bonds. The molecule has 6 aliphatic rings. The van der Waals surface area contributed by atoms with Crippen LogP contribution in [-0.4, -0.2) is 13.4 Å². The predicted molar refractivity (Wildman–Crippen MR) is 474 cm³/mol. The minimum atomic E-state index is -0.269. The Kier molecular flexibility index (Phi) is 13.7. The van der Waals surface area contributed by atoms with Crippen molar-refractivity contribution in [1.82, 2.24) is 0 Å². The lowest BCUT2D eigenvalue weighted by molar-refractivity contribution is 0.332. The number of hydrogen-bond acceptors (Lipinski definition) is 6. The number of furan rings is 2. The van der Waals surface area contributed by atoms with Gasteiger partial charge >= 0.3 is 0 Å². The van der Waals surface area contributed by atoms with Crippen LogP contribution in [-0.2, 0) is 38.9 Å². The summed E-state index contributed by atoms with van der Waals surface area (Å²) in [4.78, 5) is 6.62. The van der Waals surface area contributed by atoms with Gasteiger partial charge in [0.1, 0.15) is 16.9 Å². The Labute approximate surface area is 655 Å². The summed E-state index contributed by atoms with van der Waals surface area (Å²) in [5.74, 6) is 0.877. The fraction of sp³-hybridized carbons (Fsp3) is 0.255. The molecule has 16 aromatic rings. The summed E-state index contributed by atoms with van der Waals surface area (Å²) in [5, 5.41) is 10.00. The highest BCUT2D eigenvalue weighted by molar-refractivity contribution is 7.32. The number of fused-ring (bicyclic) bond motifs is 16. The van der Waals surface area contributed by atoms with Gasteiger partial charge in [0.25, 0.3) is 13.4 Å². The van der Waals surface area contributed by atoms with Crippen molar-refractivity contribution >= 4 is 166 Å². The quantitative estimate of drug-likeness (QED) is 0.149. The Bertz CT molecular complexity index is 6770. The highest BCUT2D eigenvalue weighted by Gasteiger charge is 2.49. The molecule has 538 valence electrons. The normalized spacial score (nSPS) is 16.6. The first-order valence-electron chi connectivity index (χ1n) is 40.1. The fourth-order valence-electron chi connectivity index (χ4n) is 21.2. The zero-order valence-corrected chi connectivity index (χ0v) is 67.6. The van der Waals surface area contributed by atoms with E-state index in [2.05, 4.69) is 331 Å². The second-order valence-corrected chi connectivity index (χ2v) is 40.0. The molecule has 12 aromatic carbocycles. The molecule has 0 bridgehead atoms. The Balaban J connectivity index is 0.663. The van der Waals surface area contributed by atoms with Crippen LogP contribution in [0.1, 0.15) is 166 Å². The van der Waals surface area contributed by atoms with E-state index in [-0.39, 0.29) is 45.9 Å². The molecule has 0 spiro atoms. The zero-order chi connectivity index (χ0) is 75.1. The topological polar surface area (TPSA) is 32.8 Å². The number of nitrogens with zero attached hydrogens (tertiary/aromatic N) is 2. The van der Waals surface area contributed by atoms with Crippen LogP contribution in [0.4, 0.5) is 34.1 Å². The highest BCUT2D eigenvalue weighted by Crippen LogP contribution is 2.55. The van der Waals surface area contributed by atoms with Gasteiger partial charge in [0.15, 0.2) is 0 Å². The summed E-state index contributed by atoms with van der Waals surface area (Å²) in [6, 6.07) is 83.4. The minimum Gasteiger partial charge on any atom is -0.469 e. The lowest BCUT2D eigenvalue weighted by Gasteiger charge is -2.46. The number of para-hydroxylation sites is 1. The van der Waals surface area contributed by atoms with Crippen LogP contribution in [0.25, 0.3) is 108 Å². The number of anilines is 6. The van der Waals surface area contributed by atoms with E-state index in [1.54, 1.807) is 0 Å². The Morgan fingerprint density at radius 3 is 1.70 bits per heavy atom. The summed E-state index contributed by atoms with van der Waals surface area (Å²) < 4.78 is 18.3. The van der Waals surface area contributed by atoms with Crippen LogP contribution in [0, 0.1) is 13.8 Å². The van der Waals surface area contributed by atoms with Gasteiger partial charge in [-0.1, -0.05) is 211 Å². The molecule has 0 N–H and O–H groups in total. The Morgan fingerprint density at radius 1 is 0.400 bits per heavy atom. The standard InChI is InChI=1S/C102H90B2N2O2S2/c1-56-44-73-67-21-18-23-69-89(67)95(108-93(69)59-27-35-66-65-20-16-17-25-85(65)107-86(66)50-59)103-79-51-62(31-37-81(79)105(83(46-56)91(73)103)63-32-29-61(30-33-63)97(3,4)5)102(14,15)55-58-26-38-87-71(48-58)72-49-60(28-39-88(72)109-87)94-70-24-19-22-68-74-45-57(2)47-84-92(74)104(96(110-94)90(68)70)80-53-77-78(101(12,13)43-42-100(77,10)11)54-82(80)106(84)64-34-36-75-76(52-64)99(8,9)41-40-98(75,6)7/h16-39,44-54H,40-43,55H2,1-15H3. The van der Waals surface area contributed by atoms with Crippen molar-refractivity contribution in [2.24, 2.45) is 0 Å². The lowest BCUT2D eigenvalue weighted by atomic mass is 9.34. The maximum Gasteiger partial charge on any atom is 0.293 e. The molecule has 0 fully saturated rings. The highest BCUT2D eigenvalue weighted by atomic mass is 32.1. The van der Waals surface area contributed by atoms with Crippen LogP contribution in [0.15, 0.2) is 221 Å². The van der Waals surface area contributed by atoms with E-state index in [4.69, 9.17) is 8.83 Å². The van der Waals surface area contributed by atoms with E-state index < -0.39 is 0 Å². The number of hydrogen-bond donors (Lipinski definition) is 0. The maximum absolute atomic E-state index is 7.60. The van der Waals surface area contributed by atoms with Crippen molar-refractivity contribution < 1.29 is 8.83 Å². The fourth-order valence-corrected chi connectivity index (χ4v) is 23.7. The first-order chi connectivity index (χ1) is 52.6. The molecular formula is C102H90B2N2O2S2. The predicted octanol–water partition coefficient (Wildman–Crippen LogP) is 24.9. The van der Waals surface area contributed by atoms with Gasteiger partial charge in [-0.3, -0.25) is 0 Å². The summed E-state index contributed by atoms with van der Waals surface area (Å²) in [6.07, 6.45) is 5.57. The van der Waals surface area contributed by atoms with E-state index >= 15 is 0 Å². The third kappa shape index (κ3) is 9.51. The molecule has 0 saturated heterocycles. The smallest absolute Gasteiger partial charge is 0.293 e. The molecule has 0 atom stereocenters. The molecule has 4 aromatic heterocycles. The second-order valence-electron chi connectivity index (χ2n) is 37.9. The molecule has 4 nitrogen and oxygen atoms in total. The molecule has 0 unspecified atom stereocenters. The largest absolute Gasteiger partial charge is 0.469 e. The SMILES string of the molecule is Cc1cc2c3c(c1)N(c1ccc(C(C)(C)C)cc1)c1ccc(C(C)(C)Cc4ccc5sc6ccc(-c7sc8c9c(cccc79)-c7cc(C)cc9c7B8c7cc8c(cc7N9c7ccc9c(c7)C(C)(C)CCC9(C)C)C(C)(C)CCC8(C)C)cc6c5c4)cc1B3c1oc(-c3ccc4c(c3)oc3ccccc34)c3cccc-2c13. The van der Waals surface area contributed by atoms with Gasteiger partial charge < -0.3 is 18.6 Å². The third-order valence-electron chi connectivity index (χ3n) is 27.4. The second kappa shape index (κ2) is 22.6. The average molecular weight is 1460 g/mol. The van der Waals surface area contributed by atoms with Gasteiger partial charge in [-0.05, 0) is 279 Å². The summed E-state index contributed by atoms with van der Waals surface area (Å²) >= 11 is 3.98. The molecule has 0 radical (unpaired) electrons. The molecular weight excluding hydrogens is 1370 g/mol. The third-order valence-corrected chi connectivity index (χ3v) is 29.9. The van der Waals surface area contributed by atoms with Crippen LogP contribution in [0.2, 0.25) is 0 Å². The first-order valence-corrected chi connectivity index (χ1v) is 41.8. The molecule has 22 rings (SSSR count). The van der Waals surface area contributed by atoms with E-state index in [0.29, 0.717) is 0 Å². The van der Waals surface area contributed by atoms with Crippen molar-refractivity contribution in [3.05, 3.63) is 262 Å². The molecule has 0 saturated carbocycles. The number of rotatable bonds is 7. The first kappa shape index (κ1) is 66.8. The summed E-state index contributed by atoms with van der Waals surface area (Å²) in [7, 11) is 0. The Hall–Kier alpha value is -10.1. The zero-order valence-electron chi connectivity index (χ0n) is 65.9. The van der Waals surface area contributed by atoms with Gasteiger partial charge in [-0.15, -0.1) is 22.7 Å². The average Bonchev–Trinajstić information content (AvgIpc) is 1.26. The minimum absolute atomic E-state index is 0.0137. The Morgan fingerprint density at radius 2 is 0.982 bits per heavy atom. The van der Waals surface area contributed by atoms with E-state index in [9.17, 15) is 0 Å². The number of aryl methyl sites for hydroxylation is 2. The van der Waals surface area contributed by atoms with Crippen LogP contribution in [0.3, 0.4) is 0 Å². The number of thiophene rings is 2. The molecule has 110 heavy (non-hydrogen) atoms. The maximum atomic E-state index is 7.60. The summed E-state index contributed by atoms with van der Waals surface area (Å²) in [6.45, 7) is 36.2. The summed E-state index contributed by atoms with van der Waals surface area (Å²) in [5.41, 5.74) is 35.8. The molecule has 4 aliphatic heterocycles. The van der Waals surface area contributed by atoms with Gasteiger partial charge in [0.05, 0.1) is 5.66 Å². The van der Waals surface area contributed by atoms with E-state index in [0.717, 1.165) is 56.4 Å². The van der Waals surface area contributed by atoms with Crippen molar-refractivity contribution in [3.8, 4) is 44.0 Å². The molecule has 8 heteroatoms. The van der Waals surface area contributed by atoms with Crippen LogP contribution in [0.5, 0.6) is 0 Å². The van der Waals surface area contributed by atoms with Gasteiger partial charge in [0, 0.05) is 91.7 Å². The lowest BCUT2D eigenvalue weighted by Crippen LogP contribution is -2.59. The molecule has 2 aliphatic carbocycles. The van der Waals surface area contributed by atoms with Gasteiger partial charge in [0.2, 0.25) is 0 Å². The number of benzene rings is 12. The van der Waals surface area contributed by atoms with Crippen molar-refractivity contribution in [3.63, 3.8) is 0 Å². The van der Waals surface area contributed by atoms with Crippen molar-refractivity contribution in [1.29, 1.82) is 0 Å². The monoisotopic (exact) mass is 1460 g/mol. The van der Waals surface area contributed by atoms with Crippen LogP contribution < -0.4 is 42.1 Å². The van der Waals surface area contributed by atoms with Gasteiger partial charge in [-0.25, -0.2) is 0 Å². The molecule has 8 heterocycles. The van der Waals surface area contributed by atoms with Crippen molar-refractivity contribution in [2.45, 2.75) is 168 Å². The van der Waals surface area contributed by atoms with Crippen LogP contribution >= 0.6 is 22.7 Å². The van der Waals surface area contributed by atoms with Crippen molar-refractivity contribution in [2.75, 3.05) is 9.80 Å². The van der Waals surface area contributed by atoms with E-state index in [1.807, 2.05) is 17.4 Å². The van der Waals surface area contributed by atoms with Gasteiger partial charge in [-0.2, -0.15) is 0 Å². The van der Waals surface area contributed by atoms with E-state index in [1.165, 1.54) is 200 Å².